The first-order valence-electron chi connectivity index (χ1n) is 3.74. The molecule has 0 saturated heterocycles. The van der Waals surface area contributed by atoms with E-state index in [2.05, 4.69) is 9.50 Å². The first-order valence-corrected chi connectivity index (χ1v) is 5.66. The maximum absolute atomic E-state index is 11.0. The number of carbonyl (C=O) groups is 1. The lowest BCUT2D eigenvalue weighted by atomic mass is 10.5. The third-order valence-electron chi connectivity index (χ3n) is 1.03. The summed E-state index contributed by atoms with van der Waals surface area (Å²) >= 11 is -1.20. The standard InChI is InChI=1S/C6H13NO4S2/c1-3-7-6(8)12-5(2)4-11-13(9)10/h5H,3-4H2,1-2H3,(H,7,8)(H,9,10). The summed E-state index contributed by atoms with van der Waals surface area (Å²) in [5.41, 5.74) is 0. The van der Waals surface area contributed by atoms with Crippen molar-refractivity contribution in [3.8, 4) is 0 Å². The highest BCUT2D eigenvalue weighted by Gasteiger charge is 2.10. The Hall–Kier alpha value is -0.110. The lowest BCUT2D eigenvalue weighted by molar-refractivity contribution is 0.260. The quantitative estimate of drug-likeness (QED) is 0.685. The molecule has 1 amide bonds. The topological polar surface area (TPSA) is 75.6 Å². The summed E-state index contributed by atoms with van der Waals surface area (Å²) in [7, 11) is 0. The minimum Gasteiger partial charge on any atom is -0.347 e. The zero-order chi connectivity index (χ0) is 10.3. The molecule has 13 heavy (non-hydrogen) atoms. The smallest absolute Gasteiger partial charge is 0.301 e. The van der Waals surface area contributed by atoms with Gasteiger partial charge in [-0.25, -0.2) is 0 Å². The molecule has 0 radical (unpaired) electrons. The van der Waals surface area contributed by atoms with E-state index in [4.69, 9.17) is 4.55 Å². The van der Waals surface area contributed by atoms with Crippen molar-refractivity contribution in [3.05, 3.63) is 0 Å². The molecule has 0 bridgehead atoms. The summed E-state index contributed by atoms with van der Waals surface area (Å²) in [6.45, 7) is 4.21. The number of carbonyl (C=O) groups excluding carboxylic acids is 1. The lowest BCUT2D eigenvalue weighted by Gasteiger charge is -2.08. The Kier molecular flexibility index (Phi) is 7.25. The van der Waals surface area contributed by atoms with Gasteiger partial charge in [-0.15, -0.1) is 0 Å². The van der Waals surface area contributed by atoms with Crippen LogP contribution in [-0.4, -0.2) is 32.4 Å². The number of rotatable bonds is 5. The third-order valence-corrected chi connectivity index (χ3v) is 2.27. The first-order chi connectivity index (χ1) is 6.06. The van der Waals surface area contributed by atoms with Crippen molar-refractivity contribution in [1.29, 1.82) is 0 Å². The summed E-state index contributed by atoms with van der Waals surface area (Å²) in [5.74, 6) is 0. The van der Waals surface area contributed by atoms with Crippen molar-refractivity contribution in [2.75, 3.05) is 13.2 Å². The third kappa shape index (κ3) is 8.23. The molecule has 0 aliphatic heterocycles. The van der Waals surface area contributed by atoms with Gasteiger partial charge in [0.05, 0.1) is 6.61 Å². The molecule has 0 fully saturated rings. The summed E-state index contributed by atoms with van der Waals surface area (Å²) < 4.78 is 22.8. The summed E-state index contributed by atoms with van der Waals surface area (Å²) in [4.78, 5) is 11.0. The van der Waals surface area contributed by atoms with Crippen LogP contribution in [0.3, 0.4) is 0 Å². The Labute approximate surface area is 84.1 Å². The molecule has 7 heteroatoms. The average molecular weight is 227 g/mol. The van der Waals surface area contributed by atoms with E-state index in [1.165, 1.54) is 0 Å². The van der Waals surface area contributed by atoms with E-state index in [1.54, 1.807) is 6.92 Å². The van der Waals surface area contributed by atoms with Gasteiger partial charge >= 0.3 is 11.4 Å². The Morgan fingerprint density at radius 1 is 1.77 bits per heavy atom. The lowest BCUT2D eigenvalue weighted by Crippen LogP contribution is -2.21. The highest BCUT2D eigenvalue weighted by Crippen LogP contribution is 2.11. The molecule has 2 N–H and O–H groups in total. The second-order valence-electron chi connectivity index (χ2n) is 2.25. The molecule has 0 aromatic rings. The van der Waals surface area contributed by atoms with E-state index >= 15 is 0 Å². The molecule has 0 rings (SSSR count). The van der Waals surface area contributed by atoms with Crippen LogP contribution < -0.4 is 5.32 Å². The van der Waals surface area contributed by atoms with Gasteiger partial charge in [-0.05, 0) is 6.92 Å². The Bertz CT molecular complexity index is 187. The van der Waals surface area contributed by atoms with Crippen LogP contribution in [0.1, 0.15) is 13.8 Å². The van der Waals surface area contributed by atoms with Gasteiger partial charge in [0.2, 0.25) is 0 Å². The molecular formula is C6H13NO4S2. The molecular weight excluding hydrogens is 214 g/mol. The highest BCUT2D eigenvalue weighted by atomic mass is 32.2. The van der Waals surface area contributed by atoms with E-state index in [1.807, 2.05) is 6.92 Å². The predicted molar refractivity (Wildman–Crippen MR) is 52.8 cm³/mol. The summed E-state index contributed by atoms with van der Waals surface area (Å²) in [6, 6.07) is 0. The minimum absolute atomic E-state index is 0.0743. The van der Waals surface area contributed by atoms with Gasteiger partial charge in [0, 0.05) is 11.8 Å². The van der Waals surface area contributed by atoms with E-state index in [0.29, 0.717) is 6.54 Å². The number of thioether (sulfide) groups is 1. The Balaban J connectivity index is 3.55. The van der Waals surface area contributed by atoms with E-state index in [0.717, 1.165) is 11.8 Å². The minimum atomic E-state index is -2.25. The Morgan fingerprint density at radius 2 is 2.38 bits per heavy atom. The van der Waals surface area contributed by atoms with Crippen LogP contribution in [0.25, 0.3) is 0 Å². The number of amides is 1. The Morgan fingerprint density at radius 3 is 2.85 bits per heavy atom. The SMILES string of the molecule is CCNC(=O)SC(C)COS(=O)O. The first kappa shape index (κ1) is 12.9. The average Bonchev–Trinajstić information content (AvgIpc) is 2.01. The van der Waals surface area contributed by atoms with E-state index in [-0.39, 0.29) is 17.1 Å². The van der Waals surface area contributed by atoms with Gasteiger partial charge in [-0.3, -0.25) is 13.5 Å². The number of hydrogen-bond acceptors (Lipinski definition) is 4. The second-order valence-corrected chi connectivity index (χ2v) is 4.33. The molecule has 78 valence electrons. The van der Waals surface area contributed by atoms with Crippen molar-refractivity contribution in [3.63, 3.8) is 0 Å². The van der Waals surface area contributed by atoms with Crippen molar-refractivity contribution >= 4 is 28.4 Å². The van der Waals surface area contributed by atoms with Crippen LogP contribution in [0, 0.1) is 0 Å². The fourth-order valence-electron chi connectivity index (χ4n) is 0.557. The fraction of sp³-hybridized carbons (Fsp3) is 0.833. The van der Waals surface area contributed by atoms with Gasteiger partial charge in [-0.2, -0.15) is 4.21 Å². The van der Waals surface area contributed by atoms with Gasteiger partial charge in [-0.1, -0.05) is 18.7 Å². The van der Waals surface area contributed by atoms with Crippen LogP contribution in [0.15, 0.2) is 0 Å². The van der Waals surface area contributed by atoms with E-state index < -0.39 is 11.4 Å². The van der Waals surface area contributed by atoms with Crippen molar-refractivity contribution in [1.82, 2.24) is 5.32 Å². The molecule has 0 heterocycles. The van der Waals surface area contributed by atoms with Crippen molar-refractivity contribution in [2.24, 2.45) is 0 Å². The van der Waals surface area contributed by atoms with Crippen LogP contribution in [0.5, 0.6) is 0 Å². The van der Waals surface area contributed by atoms with Gasteiger partial charge in [0.1, 0.15) is 0 Å². The number of nitrogens with one attached hydrogen (secondary N) is 1. The molecule has 5 nitrogen and oxygen atoms in total. The molecule has 2 unspecified atom stereocenters. The maximum Gasteiger partial charge on any atom is 0.301 e. The zero-order valence-electron chi connectivity index (χ0n) is 7.48. The molecule has 0 aliphatic carbocycles. The van der Waals surface area contributed by atoms with Crippen molar-refractivity contribution in [2.45, 2.75) is 19.1 Å². The highest BCUT2D eigenvalue weighted by molar-refractivity contribution is 8.14. The van der Waals surface area contributed by atoms with Crippen molar-refractivity contribution < 1.29 is 17.7 Å². The molecule has 0 spiro atoms. The van der Waals surface area contributed by atoms with Crippen LogP contribution >= 0.6 is 11.8 Å². The van der Waals surface area contributed by atoms with Crippen LogP contribution in [0.2, 0.25) is 0 Å². The molecule has 2 atom stereocenters. The number of hydrogen-bond donors (Lipinski definition) is 2. The maximum atomic E-state index is 11.0. The largest absolute Gasteiger partial charge is 0.347 e. The van der Waals surface area contributed by atoms with Gasteiger partial charge in [0.25, 0.3) is 5.24 Å². The van der Waals surface area contributed by atoms with Crippen LogP contribution in [0.4, 0.5) is 4.79 Å². The zero-order valence-corrected chi connectivity index (χ0v) is 9.11. The molecule has 0 aromatic carbocycles. The molecule has 0 saturated carbocycles. The van der Waals surface area contributed by atoms with Gasteiger partial charge in [0.15, 0.2) is 0 Å². The normalized spacial score (nSPS) is 15.0. The summed E-state index contributed by atoms with van der Waals surface area (Å²) in [6.07, 6.45) is 0. The molecule has 0 aromatic heterocycles. The van der Waals surface area contributed by atoms with Crippen LogP contribution in [-0.2, 0) is 15.5 Å². The monoisotopic (exact) mass is 227 g/mol. The summed E-state index contributed by atoms with van der Waals surface area (Å²) in [5, 5.41) is 2.31. The predicted octanol–water partition coefficient (Wildman–Crippen LogP) is 0.991. The molecule has 0 aliphatic rings. The second kappa shape index (κ2) is 7.31. The van der Waals surface area contributed by atoms with Gasteiger partial charge < -0.3 is 5.32 Å². The fourth-order valence-corrected chi connectivity index (χ4v) is 1.69. The van der Waals surface area contributed by atoms with E-state index in [9.17, 15) is 9.00 Å².